The first kappa shape index (κ1) is 18.2. The summed E-state index contributed by atoms with van der Waals surface area (Å²) < 4.78 is 17.0. The Kier molecular flexibility index (Phi) is 5.15. The van der Waals surface area contributed by atoms with Crippen LogP contribution >= 0.6 is 15.9 Å². The van der Waals surface area contributed by atoms with Gasteiger partial charge in [-0.25, -0.2) is 4.79 Å². The average Bonchev–Trinajstić information content (AvgIpc) is 2.62. The number of fused-ring (bicyclic) bond motifs is 1. The minimum Gasteiger partial charge on any atom is -0.462 e. The molecule has 1 atom stereocenters. The van der Waals surface area contributed by atoms with Crippen LogP contribution in [0.1, 0.15) is 29.9 Å². The molecule has 136 valence electrons. The first-order chi connectivity index (χ1) is 12.5. The first-order valence-corrected chi connectivity index (χ1v) is 8.63. The number of carbonyl (C=O) groups excluding carboxylic acids is 1. The van der Waals surface area contributed by atoms with Crippen molar-refractivity contribution in [2.75, 3.05) is 6.61 Å². The van der Waals surface area contributed by atoms with E-state index in [-0.39, 0.29) is 35.3 Å². The summed E-state index contributed by atoms with van der Waals surface area (Å²) in [5.41, 5.74) is 6.14. The summed E-state index contributed by atoms with van der Waals surface area (Å²) in [6.07, 6.45) is 0. The maximum atomic E-state index is 12.5. The molecule has 1 aromatic carbocycles. The third-order valence-electron chi connectivity index (χ3n) is 3.86. The molecule has 8 heteroatoms. The number of rotatable bonds is 4. The van der Waals surface area contributed by atoms with Gasteiger partial charge in [-0.15, -0.1) is 0 Å². The van der Waals surface area contributed by atoms with E-state index in [2.05, 4.69) is 15.9 Å². The van der Waals surface area contributed by atoms with Gasteiger partial charge in [0.05, 0.1) is 12.5 Å². The Hall–Kier alpha value is -2.58. The lowest BCUT2D eigenvalue weighted by Crippen LogP contribution is -2.30. The zero-order valence-electron chi connectivity index (χ0n) is 13.8. The summed E-state index contributed by atoms with van der Waals surface area (Å²) in [4.78, 5) is 24.8. The van der Waals surface area contributed by atoms with Crippen LogP contribution in [0, 0.1) is 0 Å². The quantitative estimate of drug-likeness (QED) is 0.727. The van der Waals surface area contributed by atoms with Crippen LogP contribution in [-0.2, 0) is 16.1 Å². The van der Waals surface area contributed by atoms with Crippen molar-refractivity contribution in [1.82, 2.24) is 0 Å². The van der Waals surface area contributed by atoms with Gasteiger partial charge in [-0.05, 0) is 24.6 Å². The zero-order chi connectivity index (χ0) is 18.8. The Morgan fingerprint density at radius 3 is 2.65 bits per heavy atom. The fourth-order valence-electron chi connectivity index (χ4n) is 2.76. The Bertz CT molecular complexity index is 932. The molecule has 0 aliphatic carbocycles. The van der Waals surface area contributed by atoms with Gasteiger partial charge < -0.3 is 24.7 Å². The van der Waals surface area contributed by atoms with Gasteiger partial charge in [0.25, 0.3) is 0 Å². The minimum atomic E-state index is -0.801. The Morgan fingerprint density at radius 1 is 1.35 bits per heavy atom. The minimum absolute atomic E-state index is 0.0416. The lowest BCUT2D eigenvalue weighted by atomic mass is 9.86. The molecule has 1 aliphatic heterocycles. The van der Waals surface area contributed by atoms with Crippen molar-refractivity contribution in [2.45, 2.75) is 19.4 Å². The van der Waals surface area contributed by atoms with Crippen LogP contribution in [0.5, 0.6) is 5.75 Å². The molecular formula is C18H16BrNO6. The van der Waals surface area contributed by atoms with Crippen molar-refractivity contribution in [3.63, 3.8) is 0 Å². The summed E-state index contributed by atoms with van der Waals surface area (Å²) in [5.74, 6) is -1.64. The highest BCUT2D eigenvalue weighted by Crippen LogP contribution is 2.41. The summed E-state index contributed by atoms with van der Waals surface area (Å²) in [6.45, 7) is 1.35. The van der Waals surface area contributed by atoms with Crippen LogP contribution in [0.2, 0.25) is 0 Å². The molecular weight excluding hydrogens is 406 g/mol. The Balaban J connectivity index is 2.26. The van der Waals surface area contributed by atoms with E-state index in [1.165, 1.54) is 0 Å². The molecule has 0 saturated heterocycles. The molecule has 2 heterocycles. The van der Waals surface area contributed by atoms with E-state index < -0.39 is 23.9 Å². The fraction of sp³-hybridized carbons (Fsp3) is 0.222. The van der Waals surface area contributed by atoms with Crippen LogP contribution in [-0.4, -0.2) is 17.7 Å². The van der Waals surface area contributed by atoms with E-state index >= 15 is 0 Å². The van der Waals surface area contributed by atoms with Gasteiger partial charge in [0.1, 0.15) is 17.9 Å². The van der Waals surface area contributed by atoms with E-state index in [9.17, 15) is 14.7 Å². The second kappa shape index (κ2) is 7.35. The predicted octanol–water partition coefficient (Wildman–Crippen LogP) is 2.15. The Labute approximate surface area is 157 Å². The molecule has 0 fully saturated rings. The first-order valence-electron chi connectivity index (χ1n) is 7.84. The SMILES string of the molecule is CCOC(=O)C1=C(N)Oc2c(oc(CO)cc2=O)[C@@H]1c1ccc(Br)cc1. The summed E-state index contributed by atoms with van der Waals surface area (Å²) >= 11 is 3.36. The van der Waals surface area contributed by atoms with Crippen molar-refractivity contribution < 1.29 is 23.8 Å². The normalized spacial score (nSPS) is 16.0. The van der Waals surface area contributed by atoms with E-state index in [4.69, 9.17) is 19.6 Å². The predicted molar refractivity (Wildman–Crippen MR) is 95.4 cm³/mol. The van der Waals surface area contributed by atoms with Gasteiger partial charge in [0.15, 0.2) is 5.76 Å². The molecule has 1 aromatic heterocycles. The monoisotopic (exact) mass is 421 g/mol. The lowest BCUT2D eigenvalue weighted by Gasteiger charge is -2.26. The molecule has 7 nitrogen and oxygen atoms in total. The number of hydrogen-bond donors (Lipinski definition) is 2. The van der Waals surface area contributed by atoms with E-state index in [1.54, 1.807) is 31.2 Å². The molecule has 3 N–H and O–H groups in total. The molecule has 1 aliphatic rings. The lowest BCUT2D eigenvalue weighted by molar-refractivity contribution is -0.139. The third kappa shape index (κ3) is 3.25. The second-order valence-corrected chi connectivity index (χ2v) is 6.43. The van der Waals surface area contributed by atoms with Crippen LogP contribution in [0.15, 0.2) is 55.5 Å². The van der Waals surface area contributed by atoms with E-state index in [1.807, 2.05) is 0 Å². The number of aliphatic hydroxyl groups is 1. The van der Waals surface area contributed by atoms with Crippen LogP contribution in [0.25, 0.3) is 0 Å². The van der Waals surface area contributed by atoms with Gasteiger partial charge in [-0.2, -0.15) is 0 Å². The Morgan fingerprint density at radius 2 is 2.04 bits per heavy atom. The molecule has 3 rings (SSSR count). The van der Waals surface area contributed by atoms with Gasteiger partial charge in [-0.1, -0.05) is 28.1 Å². The van der Waals surface area contributed by atoms with Gasteiger partial charge >= 0.3 is 5.97 Å². The molecule has 0 spiro atoms. The summed E-state index contributed by atoms with van der Waals surface area (Å²) in [5, 5.41) is 9.36. The number of halogens is 1. The molecule has 0 amide bonds. The van der Waals surface area contributed by atoms with Crippen molar-refractivity contribution >= 4 is 21.9 Å². The van der Waals surface area contributed by atoms with Crippen LogP contribution < -0.4 is 15.9 Å². The smallest absolute Gasteiger partial charge is 0.340 e. The van der Waals surface area contributed by atoms with Crippen LogP contribution in [0.4, 0.5) is 0 Å². The number of ether oxygens (including phenoxy) is 2. The second-order valence-electron chi connectivity index (χ2n) is 5.51. The number of benzene rings is 1. The molecule has 26 heavy (non-hydrogen) atoms. The zero-order valence-corrected chi connectivity index (χ0v) is 15.4. The molecule has 0 unspecified atom stereocenters. The van der Waals surface area contributed by atoms with Crippen LogP contribution in [0.3, 0.4) is 0 Å². The summed E-state index contributed by atoms with van der Waals surface area (Å²) in [6, 6.07) is 8.24. The molecule has 0 saturated carbocycles. The fourth-order valence-corrected chi connectivity index (χ4v) is 3.02. The molecule has 2 aromatic rings. The van der Waals surface area contributed by atoms with Crippen molar-refractivity contribution in [3.8, 4) is 5.75 Å². The average molecular weight is 422 g/mol. The highest BCUT2D eigenvalue weighted by atomic mass is 79.9. The van der Waals surface area contributed by atoms with Crippen molar-refractivity contribution in [3.05, 3.63) is 73.6 Å². The van der Waals surface area contributed by atoms with Gasteiger partial charge in [0.2, 0.25) is 17.1 Å². The third-order valence-corrected chi connectivity index (χ3v) is 4.39. The molecule has 0 bridgehead atoms. The van der Waals surface area contributed by atoms with Gasteiger partial charge in [-0.3, -0.25) is 4.79 Å². The summed E-state index contributed by atoms with van der Waals surface area (Å²) in [7, 11) is 0. The highest BCUT2D eigenvalue weighted by molar-refractivity contribution is 9.10. The number of nitrogens with two attached hydrogens (primary N) is 1. The topological polar surface area (TPSA) is 112 Å². The van der Waals surface area contributed by atoms with Crippen molar-refractivity contribution in [2.24, 2.45) is 5.73 Å². The van der Waals surface area contributed by atoms with E-state index in [0.29, 0.717) is 5.56 Å². The number of aliphatic hydroxyl groups excluding tert-OH is 1. The largest absolute Gasteiger partial charge is 0.462 e. The molecule has 0 radical (unpaired) electrons. The maximum absolute atomic E-state index is 12.5. The number of esters is 1. The van der Waals surface area contributed by atoms with Crippen molar-refractivity contribution in [1.29, 1.82) is 0 Å². The standard InChI is InChI=1S/C18H16BrNO6/c1-2-24-18(23)14-13(9-3-5-10(19)6-4-9)16-15(26-17(14)20)12(22)7-11(8-21)25-16/h3-7,13,21H,2,8,20H2,1H3/t13-/m1/s1. The number of carbonyl (C=O) groups is 1. The number of hydrogen-bond acceptors (Lipinski definition) is 7. The highest BCUT2D eigenvalue weighted by Gasteiger charge is 2.39. The maximum Gasteiger partial charge on any atom is 0.340 e. The van der Waals surface area contributed by atoms with Gasteiger partial charge in [0, 0.05) is 10.5 Å². The van der Waals surface area contributed by atoms with E-state index in [0.717, 1.165) is 10.5 Å².